The van der Waals surface area contributed by atoms with E-state index in [-0.39, 0.29) is 11.7 Å². The molecule has 1 saturated heterocycles. The Balaban J connectivity index is 1.90. The topological polar surface area (TPSA) is 75.7 Å². The van der Waals surface area contributed by atoms with Crippen molar-refractivity contribution in [2.75, 3.05) is 19.6 Å². The van der Waals surface area contributed by atoms with Crippen LogP contribution in [0, 0.1) is 12.8 Å². The number of sulfonamides is 1. The molecule has 1 atom stereocenters. The predicted octanol–water partition coefficient (Wildman–Crippen LogP) is 3.06. The largest absolute Gasteiger partial charge is 0.444 e. The average molecular weight is 383 g/mol. The van der Waals surface area contributed by atoms with Crippen LogP contribution in [0.25, 0.3) is 0 Å². The summed E-state index contributed by atoms with van der Waals surface area (Å²) in [7, 11) is -3.36. The fraction of sp³-hybridized carbons (Fsp3) is 0.632. The van der Waals surface area contributed by atoms with E-state index in [1.165, 1.54) is 0 Å². The van der Waals surface area contributed by atoms with E-state index in [4.69, 9.17) is 4.74 Å². The van der Waals surface area contributed by atoms with E-state index in [1.54, 1.807) is 4.31 Å². The van der Waals surface area contributed by atoms with E-state index in [0.717, 1.165) is 24.0 Å². The maximum atomic E-state index is 12.7. The second-order valence-electron chi connectivity index (χ2n) is 7.99. The standard InChI is InChI=1S/C19H30N2O4S/c1-15-7-9-16(10-8-15)14-26(23,24)21-11-5-6-17(13-21)12-20-18(22)25-19(2,3)4/h7-10,17H,5-6,11-14H2,1-4H3,(H,20,22). The number of carbonyl (C=O) groups is 1. The summed E-state index contributed by atoms with van der Waals surface area (Å²) in [6.45, 7) is 8.81. The second kappa shape index (κ2) is 8.39. The fourth-order valence-electron chi connectivity index (χ4n) is 2.97. The molecule has 0 aliphatic carbocycles. The van der Waals surface area contributed by atoms with Gasteiger partial charge < -0.3 is 10.1 Å². The first-order chi connectivity index (χ1) is 12.0. The van der Waals surface area contributed by atoms with Gasteiger partial charge in [-0.1, -0.05) is 29.8 Å². The Hall–Kier alpha value is -1.60. The van der Waals surface area contributed by atoms with Gasteiger partial charge in [0.25, 0.3) is 0 Å². The number of hydrogen-bond acceptors (Lipinski definition) is 4. The van der Waals surface area contributed by atoms with Crippen LogP contribution in [0.5, 0.6) is 0 Å². The Morgan fingerprint density at radius 1 is 1.27 bits per heavy atom. The van der Waals surface area contributed by atoms with Crippen LogP contribution in [-0.2, 0) is 20.5 Å². The lowest BCUT2D eigenvalue weighted by atomic mass is 10.00. The van der Waals surface area contributed by atoms with Gasteiger partial charge in [-0.05, 0) is 52.0 Å². The minimum absolute atomic E-state index is 0.0134. The number of nitrogens with one attached hydrogen (secondary N) is 1. The van der Waals surface area contributed by atoms with Gasteiger partial charge in [0.2, 0.25) is 10.0 Å². The van der Waals surface area contributed by atoms with Gasteiger partial charge in [0.1, 0.15) is 5.60 Å². The molecule has 1 fully saturated rings. The molecule has 0 aromatic heterocycles. The van der Waals surface area contributed by atoms with Gasteiger partial charge in [0.05, 0.1) is 5.75 Å². The molecule has 0 saturated carbocycles. The van der Waals surface area contributed by atoms with Crippen molar-refractivity contribution in [3.8, 4) is 0 Å². The first kappa shape index (κ1) is 20.7. The highest BCUT2D eigenvalue weighted by Gasteiger charge is 2.29. The Labute approximate surface area is 157 Å². The molecule has 26 heavy (non-hydrogen) atoms. The van der Waals surface area contributed by atoms with Crippen molar-refractivity contribution in [2.45, 2.75) is 51.9 Å². The van der Waals surface area contributed by atoms with Crippen LogP contribution in [0.2, 0.25) is 0 Å². The van der Waals surface area contributed by atoms with Crippen LogP contribution in [0.15, 0.2) is 24.3 Å². The third kappa shape index (κ3) is 6.61. The number of carbonyl (C=O) groups excluding carboxylic acids is 1. The van der Waals surface area contributed by atoms with Crippen LogP contribution in [0.4, 0.5) is 4.79 Å². The number of aryl methyl sites for hydroxylation is 1. The highest BCUT2D eigenvalue weighted by molar-refractivity contribution is 7.88. The molecule has 1 heterocycles. The van der Waals surface area contributed by atoms with Gasteiger partial charge >= 0.3 is 6.09 Å². The molecule has 2 rings (SSSR count). The third-order valence-corrected chi connectivity index (χ3v) is 6.10. The molecule has 1 aliphatic rings. The van der Waals surface area contributed by atoms with E-state index in [0.29, 0.717) is 19.6 Å². The molecule has 1 N–H and O–H groups in total. The maximum absolute atomic E-state index is 12.7. The number of alkyl carbamates (subject to hydrolysis) is 1. The molecule has 1 unspecified atom stereocenters. The lowest BCUT2D eigenvalue weighted by molar-refractivity contribution is 0.0513. The van der Waals surface area contributed by atoms with Crippen molar-refractivity contribution in [2.24, 2.45) is 5.92 Å². The number of rotatable bonds is 5. The van der Waals surface area contributed by atoms with Gasteiger partial charge in [0.15, 0.2) is 0 Å². The molecule has 6 nitrogen and oxygen atoms in total. The van der Waals surface area contributed by atoms with Crippen LogP contribution >= 0.6 is 0 Å². The molecule has 1 amide bonds. The van der Waals surface area contributed by atoms with Crippen LogP contribution < -0.4 is 5.32 Å². The maximum Gasteiger partial charge on any atom is 0.407 e. The van der Waals surface area contributed by atoms with Crippen LogP contribution in [0.3, 0.4) is 0 Å². The van der Waals surface area contributed by atoms with E-state index in [9.17, 15) is 13.2 Å². The summed E-state index contributed by atoms with van der Waals surface area (Å²) >= 11 is 0. The number of piperidine rings is 1. The summed E-state index contributed by atoms with van der Waals surface area (Å²) in [5.74, 6) is 0.114. The Morgan fingerprint density at radius 3 is 2.54 bits per heavy atom. The first-order valence-corrected chi connectivity index (χ1v) is 10.7. The minimum atomic E-state index is -3.36. The van der Waals surface area contributed by atoms with Crippen molar-refractivity contribution in [3.63, 3.8) is 0 Å². The summed E-state index contributed by atoms with van der Waals surface area (Å²) in [5, 5.41) is 2.75. The van der Waals surface area contributed by atoms with E-state index in [1.807, 2.05) is 52.0 Å². The van der Waals surface area contributed by atoms with Gasteiger partial charge in [0, 0.05) is 19.6 Å². The van der Waals surface area contributed by atoms with Crippen LogP contribution in [0.1, 0.15) is 44.7 Å². The average Bonchev–Trinajstić information content (AvgIpc) is 2.54. The number of ether oxygens (including phenoxy) is 1. The molecule has 1 aromatic carbocycles. The molecule has 1 aliphatic heterocycles. The smallest absolute Gasteiger partial charge is 0.407 e. The zero-order valence-electron chi connectivity index (χ0n) is 16.1. The second-order valence-corrected chi connectivity index (χ2v) is 9.96. The van der Waals surface area contributed by atoms with E-state index >= 15 is 0 Å². The van der Waals surface area contributed by atoms with E-state index in [2.05, 4.69) is 5.32 Å². The number of benzene rings is 1. The summed E-state index contributed by atoms with van der Waals surface area (Å²) in [4.78, 5) is 11.8. The summed E-state index contributed by atoms with van der Waals surface area (Å²) in [6.07, 6.45) is 1.23. The van der Waals surface area contributed by atoms with Gasteiger partial charge in [-0.15, -0.1) is 0 Å². The summed E-state index contributed by atoms with van der Waals surface area (Å²) < 4.78 is 32.2. The molecule has 0 spiro atoms. The van der Waals surface area contributed by atoms with Gasteiger partial charge in [-0.25, -0.2) is 17.5 Å². The summed E-state index contributed by atoms with van der Waals surface area (Å²) in [6, 6.07) is 7.57. The number of hydrogen-bond donors (Lipinski definition) is 1. The van der Waals surface area contributed by atoms with Crippen molar-refractivity contribution in [1.29, 1.82) is 0 Å². The molecular weight excluding hydrogens is 352 g/mol. The zero-order valence-corrected chi connectivity index (χ0v) is 16.9. The first-order valence-electron chi connectivity index (χ1n) is 9.05. The minimum Gasteiger partial charge on any atom is -0.444 e. The molecule has 0 radical (unpaired) electrons. The Kier molecular flexibility index (Phi) is 6.69. The number of amides is 1. The van der Waals surface area contributed by atoms with Crippen molar-refractivity contribution < 1.29 is 17.9 Å². The van der Waals surface area contributed by atoms with E-state index < -0.39 is 21.7 Å². The SMILES string of the molecule is Cc1ccc(CS(=O)(=O)N2CCCC(CNC(=O)OC(C)(C)C)C2)cc1. The van der Waals surface area contributed by atoms with Crippen molar-refractivity contribution in [3.05, 3.63) is 35.4 Å². The molecule has 7 heteroatoms. The third-order valence-electron chi connectivity index (χ3n) is 4.28. The van der Waals surface area contributed by atoms with Crippen molar-refractivity contribution >= 4 is 16.1 Å². The highest BCUT2D eigenvalue weighted by atomic mass is 32.2. The molecule has 1 aromatic rings. The normalized spacial score (nSPS) is 19.2. The fourth-order valence-corrected chi connectivity index (χ4v) is 4.62. The zero-order chi connectivity index (χ0) is 19.4. The quantitative estimate of drug-likeness (QED) is 0.849. The van der Waals surface area contributed by atoms with Gasteiger partial charge in [-0.3, -0.25) is 0 Å². The summed E-state index contributed by atoms with van der Waals surface area (Å²) in [5.41, 5.74) is 1.36. The Bertz CT molecular complexity index is 708. The van der Waals surface area contributed by atoms with Crippen molar-refractivity contribution in [1.82, 2.24) is 9.62 Å². The monoisotopic (exact) mass is 382 g/mol. The molecular formula is C19H30N2O4S. The molecule has 146 valence electrons. The van der Waals surface area contributed by atoms with Crippen LogP contribution in [-0.4, -0.2) is 44.1 Å². The van der Waals surface area contributed by atoms with Gasteiger partial charge in [-0.2, -0.15) is 0 Å². The molecule has 0 bridgehead atoms. The Morgan fingerprint density at radius 2 is 1.92 bits per heavy atom. The predicted molar refractivity (Wildman–Crippen MR) is 102 cm³/mol. The lowest BCUT2D eigenvalue weighted by Gasteiger charge is -2.32. The highest BCUT2D eigenvalue weighted by Crippen LogP contribution is 2.21. The number of nitrogens with zero attached hydrogens (tertiary/aromatic N) is 1. The lowest BCUT2D eigenvalue weighted by Crippen LogP contribution is -2.44.